The molecule has 2 atom stereocenters. The fraction of sp³-hybridized carbons (Fsp3) is 0.333. The molecule has 5 aromatic carbocycles. The van der Waals surface area contributed by atoms with Crippen LogP contribution in [0.1, 0.15) is 98.8 Å². The van der Waals surface area contributed by atoms with E-state index in [0.717, 1.165) is 12.8 Å². The number of rotatable bonds is 2. The van der Waals surface area contributed by atoms with Crippen LogP contribution in [-0.2, 0) is 16.2 Å². The lowest BCUT2D eigenvalue weighted by molar-refractivity contribution is 0.590. The lowest BCUT2D eigenvalue weighted by atomic mass is 9.32. The number of nitrogens with zero attached hydrogens (tertiary/aromatic N) is 2. The Morgan fingerprint density at radius 3 is 2.02 bits per heavy atom. The zero-order chi connectivity index (χ0) is 37.9. The van der Waals surface area contributed by atoms with Crippen LogP contribution in [0, 0.1) is 5.92 Å². The Morgan fingerprint density at radius 1 is 0.630 bits per heavy atom. The summed E-state index contributed by atoms with van der Waals surface area (Å²) in [5.74, 6) is 0.554. The van der Waals surface area contributed by atoms with Crippen molar-refractivity contribution in [2.45, 2.75) is 104 Å². The highest BCUT2D eigenvalue weighted by Gasteiger charge is 2.46. The summed E-state index contributed by atoms with van der Waals surface area (Å²) in [6, 6.07) is 35.9. The molecule has 0 spiro atoms. The van der Waals surface area contributed by atoms with E-state index < -0.39 is 0 Å². The second-order valence-corrected chi connectivity index (χ2v) is 19.5. The molecule has 2 nitrogen and oxygen atoms in total. The van der Waals surface area contributed by atoms with E-state index in [2.05, 4.69) is 194 Å². The van der Waals surface area contributed by atoms with E-state index in [1.165, 1.54) is 83.4 Å². The molecule has 0 radical (unpaired) electrons. The maximum atomic E-state index is 2.75. The number of allylic oxidation sites excluding steroid dienone is 4. The Labute approximate surface area is 324 Å². The number of hydrogen-bond acceptors (Lipinski definition) is 2. The van der Waals surface area contributed by atoms with Crippen LogP contribution in [0.2, 0.25) is 0 Å². The van der Waals surface area contributed by atoms with Gasteiger partial charge in [-0.3, -0.25) is 0 Å². The molecular formula is C51H55BN2. The van der Waals surface area contributed by atoms with Crippen molar-refractivity contribution >= 4 is 62.3 Å². The zero-order valence-corrected chi connectivity index (χ0v) is 34.0. The summed E-state index contributed by atoms with van der Waals surface area (Å²) in [6.07, 6.45) is 11.9. The fourth-order valence-electron chi connectivity index (χ4n) is 9.66. The van der Waals surface area contributed by atoms with Gasteiger partial charge in [0, 0.05) is 28.4 Å². The lowest BCUT2D eigenvalue weighted by Gasteiger charge is -2.47. The third-order valence-electron chi connectivity index (χ3n) is 12.5. The van der Waals surface area contributed by atoms with E-state index in [-0.39, 0.29) is 29.0 Å². The van der Waals surface area contributed by atoms with Gasteiger partial charge in [0.05, 0.1) is 6.04 Å². The third-order valence-corrected chi connectivity index (χ3v) is 12.5. The lowest BCUT2D eigenvalue weighted by Crippen LogP contribution is -2.63. The molecule has 0 aromatic heterocycles. The third kappa shape index (κ3) is 5.52. The molecule has 2 aliphatic carbocycles. The minimum absolute atomic E-state index is 0.0135. The molecule has 0 saturated carbocycles. The van der Waals surface area contributed by atoms with Gasteiger partial charge >= 0.3 is 0 Å². The molecule has 2 unspecified atom stereocenters. The summed E-state index contributed by atoms with van der Waals surface area (Å²) in [5.41, 5.74) is 17.8. The summed E-state index contributed by atoms with van der Waals surface area (Å²) < 4.78 is 0. The maximum absolute atomic E-state index is 2.75. The first-order valence-electron chi connectivity index (χ1n) is 20.2. The molecule has 0 amide bonds. The van der Waals surface area contributed by atoms with Gasteiger partial charge in [-0.1, -0.05) is 148 Å². The second-order valence-electron chi connectivity index (χ2n) is 19.5. The van der Waals surface area contributed by atoms with Crippen LogP contribution >= 0.6 is 0 Å². The maximum Gasteiger partial charge on any atom is 0.252 e. The average Bonchev–Trinajstić information content (AvgIpc) is 3.12. The molecule has 9 rings (SSSR count). The topological polar surface area (TPSA) is 6.48 Å². The average molecular weight is 707 g/mol. The van der Waals surface area contributed by atoms with Crippen molar-refractivity contribution in [3.63, 3.8) is 0 Å². The molecule has 54 heavy (non-hydrogen) atoms. The van der Waals surface area contributed by atoms with Crippen molar-refractivity contribution < 1.29 is 0 Å². The first-order chi connectivity index (χ1) is 25.6. The zero-order valence-electron chi connectivity index (χ0n) is 34.0. The van der Waals surface area contributed by atoms with Gasteiger partial charge in [-0.05, 0) is 126 Å². The Hall–Kier alpha value is -4.76. The van der Waals surface area contributed by atoms with E-state index in [4.69, 9.17) is 0 Å². The molecule has 0 saturated heterocycles. The number of fused-ring (bicyclic) bond motifs is 7. The Morgan fingerprint density at radius 2 is 1.31 bits per heavy atom. The normalized spacial score (nSPS) is 19.2. The summed E-state index contributed by atoms with van der Waals surface area (Å²) >= 11 is 0. The highest BCUT2D eigenvalue weighted by Crippen LogP contribution is 2.46. The monoisotopic (exact) mass is 706 g/mol. The molecule has 2 heterocycles. The number of hydrogen-bond donors (Lipinski definition) is 0. The van der Waals surface area contributed by atoms with Gasteiger partial charge in [0.1, 0.15) is 0 Å². The Balaban J connectivity index is 1.37. The highest BCUT2D eigenvalue weighted by atomic mass is 15.2. The van der Waals surface area contributed by atoms with E-state index >= 15 is 0 Å². The SMILES string of the molecule is CC1C=CC2=CCC(N3c4cccc5c4B(c4cc(C(C)(C)C)ccc4N5c4ccc(C(C)(C)C)cc4)c4c3cc(C(C)(C)C)c3ccccc43)C=C2C1. The Kier molecular flexibility index (Phi) is 7.85. The summed E-state index contributed by atoms with van der Waals surface area (Å²) in [6.45, 7) is 23.5. The molecule has 0 N–H and O–H groups in total. The fourth-order valence-corrected chi connectivity index (χ4v) is 9.66. The van der Waals surface area contributed by atoms with Crippen molar-refractivity contribution in [2.75, 3.05) is 9.80 Å². The highest BCUT2D eigenvalue weighted by molar-refractivity contribution is 7.01. The minimum atomic E-state index is -0.0238. The molecule has 2 aliphatic heterocycles. The van der Waals surface area contributed by atoms with Gasteiger partial charge in [0.2, 0.25) is 0 Å². The molecule has 4 aliphatic rings. The van der Waals surface area contributed by atoms with Crippen molar-refractivity contribution in [2.24, 2.45) is 5.92 Å². The van der Waals surface area contributed by atoms with Crippen LogP contribution in [0.3, 0.4) is 0 Å². The first kappa shape index (κ1) is 35.0. The molecular weight excluding hydrogens is 651 g/mol. The summed E-state index contributed by atoms with van der Waals surface area (Å²) in [4.78, 5) is 5.30. The predicted octanol–water partition coefficient (Wildman–Crippen LogP) is 11.7. The van der Waals surface area contributed by atoms with Crippen LogP contribution in [0.4, 0.5) is 28.4 Å². The molecule has 0 bridgehead atoms. The van der Waals surface area contributed by atoms with Crippen LogP contribution in [0.15, 0.2) is 126 Å². The first-order valence-corrected chi connectivity index (χ1v) is 20.2. The van der Waals surface area contributed by atoms with E-state index in [9.17, 15) is 0 Å². The van der Waals surface area contributed by atoms with Crippen molar-refractivity contribution in [1.82, 2.24) is 0 Å². The van der Waals surface area contributed by atoms with Crippen LogP contribution in [0.5, 0.6) is 0 Å². The van der Waals surface area contributed by atoms with Gasteiger partial charge in [-0.15, -0.1) is 0 Å². The van der Waals surface area contributed by atoms with E-state index in [1.54, 1.807) is 0 Å². The predicted molar refractivity (Wildman–Crippen MR) is 235 cm³/mol. The number of benzene rings is 5. The van der Waals surface area contributed by atoms with Crippen molar-refractivity contribution in [3.8, 4) is 0 Å². The van der Waals surface area contributed by atoms with Gasteiger partial charge in [-0.25, -0.2) is 0 Å². The summed E-state index contributed by atoms with van der Waals surface area (Å²) in [7, 11) is 0. The number of anilines is 5. The molecule has 272 valence electrons. The minimum Gasteiger partial charge on any atom is -0.335 e. The molecule has 3 heteroatoms. The van der Waals surface area contributed by atoms with Gasteiger partial charge in [0.25, 0.3) is 6.71 Å². The quantitative estimate of drug-likeness (QED) is 0.165. The van der Waals surface area contributed by atoms with Crippen molar-refractivity contribution in [3.05, 3.63) is 143 Å². The van der Waals surface area contributed by atoms with Gasteiger partial charge in [0.15, 0.2) is 0 Å². The van der Waals surface area contributed by atoms with E-state index in [0.29, 0.717) is 5.92 Å². The van der Waals surface area contributed by atoms with E-state index in [1.807, 2.05) is 0 Å². The summed E-state index contributed by atoms with van der Waals surface area (Å²) in [5, 5.41) is 2.74. The molecule has 0 fully saturated rings. The van der Waals surface area contributed by atoms with Gasteiger partial charge < -0.3 is 9.80 Å². The standard InChI is InChI=1S/C51H55BN2/c1-32-18-19-33-20-24-38(29-34(33)28-32)54-45-17-13-16-44-48(45)52(47-40-15-12-11-14-39(40)41(31-46(47)54)51(8,9)10)42-30-36(50(5,6)7)23-27-43(42)53(44)37-25-21-35(22-26-37)49(2,3)4/h11-23,25-27,29-32,38H,24,28H2,1-10H3. The Bertz CT molecular complexity index is 2420. The van der Waals surface area contributed by atoms with Crippen LogP contribution in [0.25, 0.3) is 10.8 Å². The molecule has 5 aromatic rings. The van der Waals surface area contributed by atoms with Gasteiger partial charge in [-0.2, -0.15) is 0 Å². The second kappa shape index (κ2) is 12.1. The van der Waals surface area contributed by atoms with Crippen LogP contribution < -0.4 is 26.2 Å². The largest absolute Gasteiger partial charge is 0.335 e. The van der Waals surface area contributed by atoms with Crippen molar-refractivity contribution in [1.29, 1.82) is 0 Å². The smallest absolute Gasteiger partial charge is 0.252 e. The van der Waals surface area contributed by atoms with Crippen LogP contribution in [-0.4, -0.2) is 12.8 Å².